The number of amides is 1. The van der Waals surface area contributed by atoms with E-state index in [-0.39, 0.29) is 23.5 Å². The van der Waals surface area contributed by atoms with Crippen molar-refractivity contribution in [3.8, 4) is 0 Å². The topological polar surface area (TPSA) is 80.5 Å². The Morgan fingerprint density at radius 1 is 1.17 bits per heavy atom. The molecule has 1 amide bonds. The fourth-order valence-corrected chi connectivity index (χ4v) is 3.23. The van der Waals surface area contributed by atoms with E-state index in [1.54, 1.807) is 17.0 Å². The number of pyridine rings is 1. The molecule has 0 radical (unpaired) electrons. The number of halogens is 3. The number of nitrogens with zero attached hydrogens (tertiary/aromatic N) is 2. The maximum Gasteiger partial charge on any atom is 0.433 e. The molecule has 1 unspecified atom stereocenters. The number of rotatable bonds is 3. The van der Waals surface area contributed by atoms with Gasteiger partial charge in [-0.05, 0) is 57.0 Å². The second-order valence-corrected chi connectivity index (χ2v) is 8.29. The van der Waals surface area contributed by atoms with E-state index in [0.29, 0.717) is 18.8 Å². The zero-order chi connectivity index (χ0) is 22.1. The van der Waals surface area contributed by atoms with E-state index in [2.05, 4.69) is 10.3 Å². The number of carbonyl (C=O) groups excluding carboxylic acids is 1. The second-order valence-electron chi connectivity index (χ2n) is 8.29. The first-order valence-corrected chi connectivity index (χ1v) is 9.61. The van der Waals surface area contributed by atoms with Gasteiger partial charge in [0.05, 0.1) is 5.69 Å². The summed E-state index contributed by atoms with van der Waals surface area (Å²) in [4.78, 5) is 17.5. The molecular formula is C21H25F3N4O2. The first kappa shape index (κ1) is 21.7. The molecule has 0 aliphatic carbocycles. The zero-order valence-corrected chi connectivity index (χ0v) is 17.1. The molecule has 1 aromatic heterocycles. The van der Waals surface area contributed by atoms with Gasteiger partial charge < -0.3 is 20.7 Å². The van der Waals surface area contributed by atoms with Crippen molar-refractivity contribution in [1.29, 1.82) is 0 Å². The Bertz CT molecular complexity index is 908. The minimum atomic E-state index is -4.55. The molecule has 1 aliphatic rings. The van der Waals surface area contributed by atoms with Crippen LogP contribution < -0.4 is 11.1 Å². The molecule has 2 aromatic rings. The van der Waals surface area contributed by atoms with Gasteiger partial charge in [0.15, 0.2) is 5.82 Å². The highest BCUT2D eigenvalue weighted by Gasteiger charge is 2.33. The summed E-state index contributed by atoms with van der Waals surface area (Å²) in [5.74, 6) is 0.123. The lowest BCUT2D eigenvalue weighted by atomic mass is 9.98. The minimum Gasteiger partial charge on any atom is -0.444 e. The summed E-state index contributed by atoms with van der Waals surface area (Å²) < 4.78 is 44.0. The predicted octanol–water partition coefficient (Wildman–Crippen LogP) is 5.15. The number of ether oxygens (including phenoxy) is 1. The SMILES string of the molecule is CC(C)(C)OC(=O)N1CCC(c2ccc(Nc3nc(C(F)(F)F)ccc3N)cc2)C1. The van der Waals surface area contributed by atoms with Crippen molar-refractivity contribution in [2.45, 2.75) is 44.9 Å². The van der Waals surface area contributed by atoms with Crippen LogP contribution in [0.4, 0.5) is 35.2 Å². The van der Waals surface area contributed by atoms with Gasteiger partial charge >= 0.3 is 12.3 Å². The van der Waals surface area contributed by atoms with Gasteiger partial charge in [-0.15, -0.1) is 0 Å². The lowest BCUT2D eigenvalue weighted by molar-refractivity contribution is -0.141. The molecule has 1 fully saturated rings. The van der Waals surface area contributed by atoms with Crippen molar-refractivity contribution in [3.05, 3.63) is 47.7 Å². The summed E-state index contributed by atoms with van der Waals surface area (Å²) >= 11 is 0. The van der Waals surface area contributed by atoms with E-state index in [9.17, 15) is 18.0 Å². The Hall–Kier alpha value is -2.97. The number of nitrogens with one attached hydrogen (secondary N) is 1. The number of alkyl halides is 3. The van der Waals surface area contributed by atoms with Gasteiger partial charge in [-0.3, -0.25) is 0 Å². The van der Waals surface area contributed by atoms with Gasteiger partial charge in [-0.1, -0.05) is 12.1 Å². The number of nitrogens with two attached hydrogens (primary N) is 1. The van der Waals surface area contributed by atoms with Crippen LogP contribution >= 0.6 is 0 Å². The summed E-state index contributed by atoms with van der Waals surface area (Å²) in [6, 6.07) is 9.31. The molecule has 30 heavy (non-hydrogen) atoms. The van der Waals surface area contributed by atoms with E-state index in [1.807, 2.05) is 32.9 Å². The third-order valence-corrected chi connectivity index (χ3v) is 4.70. The van der Waals surface area contributed by atoms with Gasteiger partial charge in [0.1, 0.15) is 11.3 Å². The van der Waals surface area contributed by atoms with Crippen molar-refractivity contribution >= 4 is 23.3 Å². The number of anilines is 3. The summed E-state index contributed by atoms with van der Waals surface area (Å²) in [5, 5.41) is 2.83. The lowest BCUT2D eigenvalue weighted by Gasteiger charge is -2.24. The molecule has 9 heteroatoms. The molecule has 162 valence electrons. The number of benzene rings is 1. The first-order valence-electron chi connectivity index (χ1n) is 9.61. The Kier molecular flexibility index (Phi) is 5.83. The molecule has 2 heterocycles. The molecule has 3 N–H and O–H groups in total. The summed E-state index contributed by atoms with van der Waals surface area (Å²) in [7, 11) is 0. The summed E-state index contributed by atoms with van der Waals surface area (Å²) in [6.45, 7) is 6.66. The normalized spacial score (nSPS) is 17.1. The van der Waals surface area contributed by atoms with E-state index in [1.165, 1.54) is 6.07 Å². The van der Waals surface area contributed by atoms with E-state index in [0.717, 1.165) is 18.1 Å². The number of nitrogen functional groups attached to an aromatic ring is 1. The second kappa shape index (κ2) is 8.04. The van der Waals surface area contributed by atoms with Crippen molar-refractivity contribution in [2.75, 3.05) is 24.1 Å². The molecule has 3 rings (SSSR count). The highest BCUT2D eigenvalue weighted by Crippen LogP contribution is 2.32. The molecule has 1 aliphatic heterocycles. The smallest absolute Gasteiger partial charge is 0.433 e. The van der Waals surface area contributed by atoms with E-state index >= 15 is 0 Å². The van der Waals surface area contributed by atoms with Crippen LogP contribution in [0.1, 0.15) is 44.4 Å². The van der Waals surface area contributed by atoms with Crippen molar-refractivity contribution in [2.24, 2.45) is 0 Å². The number of hydrogen-bond acceptors (Lipinski definition) is 5. The third-order valence-electron chi connectivity index (χ3n) is 4.70. The molecular weight excluding hydrogens is 397 g/mol. The quantitative estimate of drug-likeness (QED) is 0.715. The van der Waals surface area contributed by atoms with E-state index in [4.69, 9.17) is 10.5 Å². The van der Waals surface area contributed by atoms with Gasteiger partial charge in [-0.25, -0.2) is 9.78 Å². The fraction of sp³-hybridized carbons (Fsp3) is 0.429. The first-order chi connectivity index (χ1) is 13.9. The summed E-state index contributed by atoms with van der Waals surface area (Å²) in [5.41, 5.74) is 5.93. The molecule has 1 saturated heterocycles. The van der Waals surface area contributed by atoms with Gasteiger partial charge in [0, 0.05) is 24.7 Å². The zero-order valence-electron chi connectivity index (χ0n) is 17.1. The minimum absolute atomic E-state index is 0.0467. The lowest BCUT2D eigenvalue weighted by Crippen LogP contribution is -2.35. The largest absolute Gasteiger partial charge is 0.444 e. The highest BCUT2D eigenvalue weighted by atomic mass is 19.4. The van der Waals surface area contributed by atoms with Gasteiger partial charge in [0.2, 0.25) is 0 Å². The van der Waals surface area contributed by atoms with Crippen molar-refractivity contribution in [1.82, 2.24) is 9.88 Å². The van der Waals surface area contributed by atoms with Crippen LogP contribution in [0.5, 0.6) is 0 Å². The van der Waals surface area contributed by atoms with Crippen LogP contribution in [-0.2, 0) is 10.9 Å². The molecule has 0 spiro atoms. The molecule has 0 bridgehead atoms. The number of hydrogen-bond donors (Lipinski definition) is 2. The highest BCUT2D eigenvalue weighted by molar-refractivity contribution is 5.70. The van der Waals surface area contributed by atoms with Crippen LogP contribution in [0, 0.1) is 0 Å². The Morgan fingerprint density at radius 3 is 2.43 bits per heavy atom. The molecule has 0 saturated carbocycles. The van der Waals surface area contributed by atoms with Crippen molar-refractivity contribution < 1.29 is 22.7 Å². The van der Waals surface area contributed by atoms with Gasteiger partial charge in [0.25, 0.3) is 0 Å². The van der Waals surface area contributed by atoms with Gasteiger partial charge in [-0.2, -0.15) is 13.2 Å². The van der Waals surface area contributed by atoms with E-state index < -0.39 is 17.5 Å². The third kappa shape index (κ3) is 5.34. The monoisotopic (exact) mass is 422 g/mol. The molecule has 1 aromatic carbocycles. The van der Waals surface area contributed by atoms with Crippen LogP contribution in [0.3, 0.4) is 0 Å². The summed E-state index contributed by atoms with van der Waals surface area (Å²) in [6.07, 6.45) is -4.06. The molecule has 6 nitrogen and oxygen atoms in total. The Balaban J connectivity index is 1.66. The van der Waals surface area contributed by atoms with Crippen LogP contribution in [-0.4, -0.2) is 34.7 Å². The number of aromatic nitrogens is 1. The van der Waals surface area contributed by atoms with Crippen LogP contribution in [0.15, 0.2) is 36.4 Å². The Labute approximate surface area is 173 Å². The van der Waals surface area contributed by atoms with Crippen LogP contribution in [0.2, 0.25) is 0 Å². The molecule has 1 atom stereocenters. The predicted molar refractivity (Wildman–Crippen MR) is 109 cm³/mol. The van der Waals surface area contributed by atoms with Crippen LogP contribution in [0.25, 0.3) is 0 Å². The average molecular weight is 422 g/mol. The average Bonchev–Trinajstić information content (AvgIpc) is 3.12. The standard InChI is InChI=1S/C21H25F3N4O2/c1-20(2,3)30-19(29)28-11-10-14(12-28)13-4-6-15(7-5-13)26-18-16(25)8-9-17(27-18)21(22,23)24/h4-9,14H,10-12,25H2,1-3H3,(H,26,27). The Morgan fingerprint density at radius 2 is 1.83 bits per heavy atom. The fourth-order valence-electron chi connectivity index (χ4n) is 3.23. The number of carbonyl (C=O) groups is 1. The maximum absolute atomic E-state index is 12.9. The maximum atomic E-state index is 12.9. The number of likely N-dealkylation sites (tertiary alicyclic amines) is 1. The van der Waals surface area contributed by atoms with Crippen molar-refractivity contribution in [3.63, 3.8) is 0 Å².